The normalized spacial score (nSPS) is 28.4. The molecule has 0 N–H and O–H groups in total. The second-order valence-corrected chi connectivity index (χ2v) is 9.05. The summed E-state index contributed by atoms with van der Waals surface area (Å²) in [4.78, 5) is 0. The lowest BCUT2D eigenvalue weighted by molar-refractivity contribution is -0.0164. The highest BCUT2D eigenvalue weighted by Gasteiger charge is 2.50. The van der Waals surface area contributed by atoms with E-state index in [0.29, 0.717) is 6.42 Å². The molecule has 0 saturated carbocycles. The first-order chi connectivity index (χ1) is 9.11. The maximum atomic E-state index is 15.5. The Morgan fingerprint density at radius 1 is 1.50 bits per heavy atom. The number of hydrogen-bond acceptors (Lipinski definition) is 1. The minimum atomic E-state index is -1.63. The molecule has 4 heteroatoms. The van der Waals surface area contributed by atoms with Crippen molar-refractivity contribution in [1.82, 2.24) is 0 Å². The zero-order chi connectivity index (χ0) is 15.6. The Labute approximate surface area is 123 Å². The molecule has 0 aromatic heterocycles. The molecule has 0 heterocycles. The summed E-state index contributed by atoms with van der Waals surface area (Å²) in [6.45, 7) is 13.3. The van der Waals surface area contributed by atoms with Gasteiger partial charge in [0, 0.05) is 11.3 Å². The second-order valence-electron chi connectivity index (χ2n) is 6.68. The summed E-state index contributed by atoms with van der Waals surface area (Å²) >= 11 is 0. The van der Waals surface area contributed by atoms with Crippen LogP contribution in [0.25, 0.3) is 0 Å². The van der Waals surface area contributed by atoms with Crippen molar-refractivity contribution in [2.45, 2.75) is 52.1 Å². The molecule has 20 heavy (non-hydrogen) atoms. The largest absolute Gasteiger partial charge is 0.417 e. The highest BCUT2D eigenvalue weighted by Crippen LogP contribution is 2.47. The van der Waals surface area contributed by atoms with Crippen LogP contribution in [0.1, 0.15) is 27.2 Å². The third-order valence-corrected chi connectivity index (χ3v) is 4.60. The summed E-state index contributed by atoms with van der Waals surface area (Å²) in [6, 6.07) is 0. The van der Waals surface area contributed by atoms with Crippen LogP contribution in [0.5, 0.6) is 0 Å². The van der Waals surface area contributed by atoms with Crippen molar-refractivity contribution < 1.29 is 13.2 Å². The van der Waals surface area contributed by atoms with Gasteiger partial charge in [-0.15, -0.1) is 6.58 Å². The van der Waals surface area contributed by atoms with E-state index < -0.39 is 31.9 Å². The Kier molecular flexibility index (Phi) is 5.50. The van der Waals surface area contributed by atoms with Gasteiger partial charge in [-0.3, -0.25) is 0 Å². The zero-order valence-electron chi connectivity index (χ0n) is 13.1. The van der Waals surface area contributed by atoms with Crippen LogP contribution < -0.4 is 0 Å². The van der Waals surface area contributed by atoms with Crippen molar-refractivity contribution in [2.24, 2.45) is 11.3 Å². The van der Waals surface area contributed by atoms with Gasteiger partial charge in [0.1, 0.15) is 11.5 Å². The molecule has 0 fully saturated rings. The SMILES string of the molecule is C=CCC(O[SiH](C)C)C1C=C(F)C=CC1(F)C(C)(C)C. The van der Waals surface area contributed by atoms with Gasteiger partial charge in [0.2, 0.25) is 0 Å². The zero-order valence-corrected chi connectivity index (χ0v) is 14.3. The van der Waals surface area contributed by atoms with Crippen molar-refractivity contribution in [3.63, 3.8) is 0 Å². The fourth-order valence-electron chi connectivity index (χ4n) is 2.59. The van der Waals surface area contributed by atoms with Gasteiger partial charge in [0.25, 0.3) is 0 Å². The highest BCUT2D eigenvalue weighted by atomic mass is 28.3. The molecular formula is C16H26F2OSi. The van der Waals surface area contributed by atoms with Crippen LogP contribution in [-0.4, -0.2) is 20.8 Å². The molecule has 114 valence electrons. The van der Waals surface area contributed by atoms with E-state index in [-0.39, 0.29) is 6.10 Å². The van der Waals surface area contributed by atoms with E-state index in [9.17, 15) is 4.39 Å². The average Bonchev–Trinajstić information content (AvgIpc) is 2.30. The van der Waals surface area contributed by atoms with Gasteiger partial charge in [0.15, 0.2) is 9.04 Å². The molecule has 0 amide bonds. The summed E-state index contributed by atoms with van der Waals surface area (Å²) < 4.78 is 35.1. The summed E-state index contributed by atoms with van der Waals surface area (Å²) in [7, 11) is -1.35. The van der Waals surface area contributed by atoms with E-state index in [2.05, 4.69) is 6.58 Å². The molecule has 0 radical (unpaired) electrons. The fourth-order valence-corrected chi connectivity index (χ4v) is 3.57. The molecule has 0 aliphatic heterocycles. The molecule has 1 rings (SSSR count). The van der Waals surface area contributed by atoms with E-state index in [0.717, 1.165) is 0 Å². The van der Waals surface area contributed by atoms with Crippen LogP contribution >= 0.6 is 0 Å². The monoisotopic (exact) mass is 300 g/mol. The highest BCUT2D eigenvalue weighted by molar-refractivity contribution is 6.48. The van der Waals surface area contributed by atoms with E-state index in [1.165, 1.54) is 18.2 Å². The Balaban J connectivity index is 3.18. The summed E-state index contributed by atoms with van der Waals surface area (Å²) in [5.74, 6) is -1.02. The quantitative estimate of drug-likeness (QED) is 0.527. The lowest BCUT2D eigenvalue weighted by Gasteiger charge is -2.45. The third-order valence-electron chi connectivity index (χ3n) is 3.70. The molecule has 1 aliphatic carbocycles. The second kappa shape index (κ2) is 6.35. The lowest BCUT2D eigenvalue weighted by atomic mass is 9.66. The minimum absolute atomic E-state index is 0.362. The number of allylic oxidation sites excluding steroid dienone is 3. The molecule has 0 aromatic rings. The van der Waals surface area contributed by atoms with Crippen molar-refractivity contribution >= 4 is 9.04 Å². The van der Waals surface area contributed by atoms with Gasteiger partial charge < -0.3 is 4.43 Å². The standard InChI is InChI=1S/C16H26F2OSi/c1-7-8-14(19-20(5)6)13-11-12(17)9-10-16(13,18)15(2,3)4/h7,9-11,13-14,20H,1,8H2,2-6H3. The third kappa shape index (κ3) is 3.67. The van der Waals surface area contributed by atoms with Gasteiger partial charge in [-0.25, -0.2) is 8.78 Å². The van der Waals surface area contributed by atoms with E-state index in [4.69, 9.17) is 4.43 Å². The molecule has 0 saturated heterocycles. The van der Waals surface area contributed by atoms with Crippen LogP contribution in [0.3, 0.4) is 0 Å². The molecule has 0 spiro atoms. The fraction of sp³-hybridized carbons (Fsp3) is 0.625. The van der Waals surface area contributed by atoms with E-state index in [1.54, 1.807) is 6.08 Å². The van der Waals surface area contributed by atoms with E-state index in [1.807, 2.05) is 33.9 Å². The lowest BCUT2D eigenvalue weighted by Crippen LogP contribution is -2.50. The maximum absolute atomic E-state index is 15.5. The first-order valence-electron chi connectivity index (χ1n) is 7.13. The first kappa shape index (κ1) is 17.3. The minimum Gasteiger partial charge on any atom is -0.417 e. The Hall–Kier alpha value is -0.743. The summed E-state index contributed by atoms with van der Waals surface area (Å²) in [5.41, 5.74) is -2.26. The predicted molar refractivity (Wildman–Crippen MR) is 83.7 cm³/mol. The van der Waals surface area contributed by atoms with Crippen molar-refractivity contribution in [3.05, 3.63) is 36.7 Å². The van der Waals surface area contributed by atoms with Gasteiger partial charge in [0.05, 0.1) is 6.10 Å². The molecular weight excluding hydrogens is 274 g/mol. The van der Waals surface area contributed by atoms with Gasteiger partial charge in [-0.1, -0.05) is 26.8 Å². The molecule has 0 aromatic carbocycles. The van der Waals surface area contributed by atoms with Crippen molar-refractivity contribution in [2.75, 3.05) is 0 Å². The van der Waals surface area contributed by atoms with Crippen molar-refractivity contribution in [3.8, 4) is 0 Å². The first-order valence-corrected chi connectivity index (χ1v) is 9.91. The van der Waals surface area contributed by atoms with Crippen LogP contribution in [-0.2, 0) is 4.43 Å². The van der Waals surface area contributed by atoms with Gasteiger partial charge in [-0.2, -0.15) is 0 Å². The maximum Gasteiger partial charge on any atom is 0.171 e. The molecule has 1 aliphatic rings. The number of alkyl halides is 1. The molecule has 3 unspecified atom stereocenters. The smallest absolute Gasteiger partial charge is 0.171 e. The summed E-state index contributed by atoms with van der Waals surface area (Å²) in [6.07, 6.45) is 5.83. The summed E-state index contributed by atoms with van der Waals surface area (Å²) in [5, 5.41) is 0. The predicted octanol–water partition coefficient (Wildman–Crippen LogP) is 4.72. The topological polar surface area (TPSA) is 9.23 Å². The Bertz CT molecular complexity index is 409. The molecule has 3 atom stereocenters. The average molecular weight is 300 g/mol. The van der Waals surface area contributed by atoms with Crippen molar-refractivity contribution in [1.29, 1.82) is 0 Å². The van der Waals surface area contributed by atoms with Crippen LogP contribution in [0.2, 0.25) is 13.1 Å². The van der Waals surface area contributed by atoms with Gasteiger partial charge in [-0.05, 0) is 37.7 Å². The Morgan fingerprint density at radius 3 is 2.55 bits per heavy atom. The molecule has 1 nitrogen and oxygen atoms in total. The van der Waals surface area contributed by atoms with Gasteiger partial charge >= 0.3 is 0 Å². The number of hydrogen-bond donors (Lipinski definition) is 0. The van der Waals surface area contributed by atoms with Crippen LogP contribution in [0.15, 0.2) is 36.7 Å². The van der Waals surface area contributed by atoms with Crippen LogP contribution in [0.4, 0.5) is 8.78 Å². The van der Waals surface area contributed by atoms with Crippen LogP contribution in [0, 0.1) is 11.3 Å². The number of halogens is 2. The Morgan fingerprint density at radius 2 is 2.10 bits per heavy atom. The number of rotatable bonds is 5. The van der Waals surface area contributed by atoms with E-state index >= 15 is 4.39 Å². The molecule has 0 bridgehead atoms.